The molecule has 0 saturated heterocycles. The molecule has 0 unspecified atom stereocenters. The molecule has 0 bridgehead atoms. The molecule has 0 saturated carbocycles. The quantitative estimate of drug-likeness (QED) is 0.443. The minimum Gasteiger partial charge on any atom is -0.480 e. The van der Waals surface area contributed by atoms with Crippen LogP contribution in [0.5, 0.6) is 0 Å². The van der Waals surface area contributed by atoms with Crippen molar-refractivity contribution in [2.24, 2.45) is 5.73 Å². The van der Waals surface area contributed by atoms with E-state index in [4.69, 9.17) is 10.8 Å². The van der Waals surface area contributed by atoms with E-state index in [0.29, 0.717) is 0 Å². The Kier molecular flexibility index (Phi) is 7.82. The van der Waals surface area contributed by atoms with Gasteiger partial charge in [0.1, 0.15) is 6.04 Å². The van der Waals surface area contributed by atoms with E-state index in [2.05, 4.69) is 17.2 Å². The first-order valence-corrected chi connectivity index (χ1v) is 5.87. The topological polar surface area (TPSA) is 122 Å². The Morgan fingerprint density at radius 1 is 1.47 bits per heavy atom. The minimum atomic E-state index is -1.12. The number of rotatable bonds is 7. The highest BCUT2D eigenvalue weighted by Gasteiger charge is 2.13. The van der Waals surface area contributed by atoms with E-state index in [1.54, 1.807) is 0 Å². The molecule has 0 aliphatic rings. The molecule has 0 rings (SSSR count). The zero-order chi connectivity index (χ0) is 13.3. The van der Waals surface area contributed by atoms with Crippen molar-refractivity contribution in [2.75, 3.05) is 18.1 Å². The molecular weight excluding hydrogens is 246 g/mol. The van der Waals surface area contributed by atoms with Crippen LogP contribution < -0.4 is 16.4 Å². The fraction of sp³-hybridized carbons (Fsp3) is 0.444. The van der Waals surface area contributed by atoms with Crippen molar-refractivity contribution in [3.05, 3.63) is 12.7 Å². The maximum Gasteiger partial charge on any atom is 0.321 e. The van der Waals surface area contributed by atoms with Gasteiger partial charge in [0.05, 0.1) is 5.75 Å². The summed E-state index contributed by atoms with van der Waals surface area (Å²) in [6.45, 7) is 3.66. The number of aliphatic carboxylic acids is 1. The average Bonchev–Trinajstić information content (AvgIpc) is 2.25. The summed E-state index contributed by atoms with van der Waals surface area (Å²) in [6.07, 6.45) is 1.48. The first-order valence-electron chi connectivity index (χ1n) is 4.72. The van der Waals surface area contributed by atoms with Crippen molar-refractivity contribution in [1.29, 1.82) is 0 Å². The molecule has 0 aliphatic carbocycles. The number of urea groups is 1. The molecule has 0 aliphatic heterocycles. The van der Waals surface area contributed by atoms with Crippen LogP contribution in [0.4, 0.5) is 4.79 Å². The fourth-order valence-corrected chi connectivity index (χ4v) is 1.49. The van der Waals surface area contributed by atoms with Crippen molar-refractivity contribution >= 4 is 29.7 Å². The molecule has 0 aromatic heterocycles. The fourth-order valence-electron chi connectivity index (χ4n) is 0.722. The standard InChI is InChI=1S/C9H15N3O4S/c1-2-3-11-9(16)12-7(13)5-17-4-6(10)8(14)15/h2,6H,1,3-5,10H2,(H,14,15)(H2,11,12,13,16)/t6-/m1/s1. The maximum atomic E-state index is 11.2. The Morgan fingerprint density at radius 3 is 2.65 bits per heavy atom. The highest BCUT2D eigenvalue weighted by molar-refractivity contribution is 8.00. The highest BCUT2D eigenvalue weighted by atomic mass is 32.2. The normalized spacial score (nSPS) is 11.4. The van der Waals surface area contributed by atoms with E-state index in [1.165, 1.54) is 6.08 Å². The Bertz CT molecular complexity index is 309. The molecule has 0 aromatic carbocycles. The third-order valence-electron chi connectivity index (χ3n) is 1.51. The van der Waals surface area contributed by atoms with Crippen molar-refractivity contribution in [3.8, 4) is 0 Å². The molecule has 17 heavy (non-hydrogen) atoms. The first kappa shape index (κ1) is 15.5. The molecule has 0 aromatic rings. The number of carboxylic acids is 1. The van der Waals surface area contributed by atoms with Gasteiger partial charge in [-0.2, -0.15) is 0 Å². The van der Waals surface area contributed by atoms with Crippen molar-refractivity contribution in [1.82, 2.24) is 10.6 Å². The zero-order valence-corrected chi connectivity index (χ0v) is 9.96. The lowest BCUT2D eigenvalue weighted by molar-refractivity contribution is -0.138. The van der Waals surface area contributed by atoms with Crippen LogP contribution in [0.15, 0.2) is 12.7 Å². The summed E-state index contributed by atoms with van der Waals surface area (Å²) in [5.74, 6) is -1.55. The van der Waals surface area contributed by atoms with Crippen molar-refractivity contribution < 1.29 is 19.5 Å². The summed E-state index contributed by atoms with van der Waals surface area (Å²) >= 11 is 1.05. The van der Waals surface area contributed by atoms with Gasteiger partial charge in [0.2, 0.25) is 5.91 Å². The Hall–Kier alpha value is -1.54. The number of nitrogens with two attached hydrogens (primary N) is 1. The monoisotopic (exact) mass is 261 g/mol. The van der Waals surface area contributed by atoms with Gasteiger partial charge >= 0.3 is 12.0 Å². The van der Waals surface area contributed by atoms with Gasteiger partial charge in [-0.3, -0.25) is 14.9 Å². The second kappa shape index (κ2) is 8.59. The van der Waals surface area contributed by atoms with Crippen LogP contribution in [0.25, 0.3) is 0 Å². The summed E-state index contributed by atoms with van der Waals surface area (Å²) in [5, 5.41) is 12.9. The number of hydrogen-bond acceptors (Lipinski definition) is 5. The van der Waals surface area contributed by atoms with Crippen molar-refractivity contribution in [2.45, 2.75) is 6.04 Å². The number of thioether (sulfide) groups is 1. The summed E-state index contributed by atoms with van der Waals surface area (Å²) in [7, 11) is 0. The van der Waals surface area contributed by atoms with Gasteiger partial charge in [0.15, 0.2) is 0 Å². The maximum absolute atomic E-state index is 11.2. The lowest BCUT2D eigenvalue weighted by Crippen LogP contribution is -2.40. The number of amides is 3. The summed E-state index contributed by atoms with van der Waals surface area (Å²) in [5.41, 5.74) is 5.23. The van der Waals surface area contributed by atoms with Gasteiger partial charge < -0.3 is 16.2 Å². The Balaban J connectivity index is 3.69. The predicted octanol–water partition coefficient (Wildman–Crippen LogP) is -0.857. The molecule has 3 amide bonds. The molecule has 0 spiro atoms. The number of carbonyl (C=O) groups is 3. The van der Waals surface area contributed by atoms with Gasteiger partial charge in [0.25, 0.3) is 0 Å². The van der Waals surface area contributed by atoms with Crippen LogP contribution in [-0.4, -0.2) is 47.1 Å². The SMILES string of the molecule is C=CCNC(=O)NC(=O)CSC[C@@H](N)C(=O)O. The number of carbonyl (C=O) groups excluding carboxylic acids is 2. The smallest absolute Gasteiger partial charge is 0.321 e. The van der Waals surface area contributed by atoms with Crippen LogP contribution in [0.1, 0.15) is 0 Å². The second-order valence-corrected chi connectivity index (χ2v) is 4.04. The van der Waals surface area contributed by atoms with Crippen LogP contribution in [0, 0.1) is 0 Å². The van der Waals surface area contributed by atoms with Gasteiger partial charge in [0, 0.05) is 12.3 Å². The van der Waals surface area contributed by atoms with Crippen LogP contribution in [-0.2, 0) is 9.59 Å². The molecule has 8 heteroatoms. The zero-order valence-electron chi connectivity index (χ0n) is 9.14. The van der Waals surface area contributed by atoms with Gasteiger partial charge in [-0.15, -0.1) is 18.3 Å². The minimum absolute atomic E-state index is 0.0253. The number of carboxylic acid groups (broad SMARTS) is 1. The van der Waals surface area contributed by atoms with E-state index in [0.717, 1.165) is 11.8 Å². The lowest BCUT2D eigenvalue weighted by Gasteiger charge is -2.06. The largest absolute Gasteiger partial charge is 0.480 e. The van der Waals surface area contributed by atoms with Gasteiger partial charge in [-0.1, -0.05) is 6.08 Å². The van der Waals surface area contributed by atoms with Crippen LogP contribution in [0.3, 0.4) is 0 Å². The van der Waals surface area contributed by atoms with Gasteiger partial charge in [-0.05, 0) is 0 Å². The molecule has 1 atom stereocenters. The third kappa shape index (κ3) is 8.29. The molecule has 5 N–H and O–H groups in total. The lowest BCUT2D eigenvalue weighted by atomic mass is 10.4. The van der Waals surface area contributed by atoms with E-state index in [-0.39, 0.29) is 18.1 Å². The van der Waals surface area contributed by atoms with Crippen molar-refractivity contribution in [3.63, 3.8) is 0 Å². The summed E-state index contributed by atoms with van der Waals surface area (Å²) < 4.78 is 0. The predicted molar refractivity (Wildman–Crippen MR) is 64.7 cm³/mol. The van der Waals surface area contributed by atoms with E-state index >= 15 is 0 Å². The summed E-state index contributed by atoms with van der Waals surface area (Å²) in [4.78, 5) is 32.5. The number of imide groups is 1. The van der Waals surface area contributed by atoms with Crippen LogP contribution >= 0.6 is 11.8 Å². The molecule has 96 valence electrons. The van der Waals surface area contributed by atoms with E-state index < -0.39 is 23.9 Å². The van der Waals surface area contributed by atoms with E-state index in [9.17, 15) is 14.4 Å². The Morgan fingerprint density at radius 2 is 2.12 bits per heavy atom. The molecular formula is C9H15N3O4S. The molecule has 7 nitrogen and oxygen atoms in total. The van der Waals surface area contributed by atoms with E-state index in [1.807, 2.05) is 0 Å². The summed E-state index contributed by atoms with van der Waals surface area (Å²) in [6, 6.07) is -1.62. The molecule has 0 heterocycles. The molecule has 0 radical (unpaired) electrons. The van der Waals surface area contributed by atoms with Crippen LogP contribution in [0.2, 0.25) is 0 Å². The Labute approximate surface area is 103 Å². The third-order valence-corrected chi connectivity index (χ3v) is 2.57. The average molecular weight is 261 g/mol. The molecule has 0 fully saturated rings. The number of hydrogen-bond donors (Lipinski definition) is 4. The number of nitrogens with one attached hydrogen (secondary N) is 2. The first-order chi connectivity index (χ1) is 7.97. The van der Waals surface area contributed by atoms with Gasteiger partial charge in [-0.25, -0.2) is 4.79 Å². The second-order valence-electron chi connectivity index (χ2n) is 3.01. The highest BCUT2D eigenvalue weighted by Crippen LogP contribution is 2.01.